The number of aromatic nitrogens is 5. The third-order valence-electron chi connectivity index (χ3n) is 2.32. The van der Waals surface area contributed by atoms with Crippen molar-refractivity contribution in [3.63, 3.8) is 0 Å². The van der Waals surface area contributed by atoms with Crippen molar-refractivity contribution in [2.24, 2.45) is 0 Å². The molecule has 2 aromatic rings. The summed E-state index contributed by atoms with van der Waals surface area (Å²) >= 11 is 0. The van der Waals surface area contributed by atoms with Crippen LogP contribution in [0.5, 0.6) is 0 Å². The summed E-state index contributed by atoms with van der Waals surface area (Å²) in [6.07, 6.45) is -0.495. The summed E-state index contributed by atoms with van der Waals surface area (Å²) < 4.78 is 6.32. The van der Waals surface area contributed by atoms with Crippen LogP contribution in [-0.2, 0) is 9.53 Å². The summed E-state index contributed by atoms with van der Waals surface area (Å²) in [7, 11) is 1.47. The molecule has 2 heterocycles. The highest BCUT2D eigenvalue weighted by Gasteiger charge is 2.12. The van der Waals surface area contributed by atoms with Crippen LogP contribution in [0.15, 0.2) is 12.1 Å². The molecule has 1 unspecified atom stereocenters. The monoisotopic (exact) mass is 252 g/mol. The summed E-state index contributed by atoms with van der Waals surface area (Å²) in [6, 6.07) is 3.41. The zero-order valence-electron chi connectivity index (χ0n) is 9.65. The summed E-state index contributed by atoms with van der Waals surface area (Å²) in [5, 5.41) is 26.6. The molecule has 96 valence electrons. The number of rotatable bonds is 6. The van der Waals surface area contributed by atoms with Crippen molar-refractivity contribution in [3.05, 3.63) is 12.1 Å². The highest BCUT2D eigenvalue weighted by Crippen LogP contribution is 2.05. The van der Waals surface area contributed by atoms with Crippen LogP contribution in [0.4, 0.5) is 5.82 Å². The maximum atomic E-state index is 10.6. The number of nitrogens with zero attached hydrogens (tertiary/aromatic N) is 5. The Morgan fingerprint density at radius 2 is 2.44 bits per heavy atom. The fourth-order valence-corrected chi connectivity index (χ4v) is 1.40. The van der Waals surface area contributed by atoms with Crippen LogP contribution in [0.25, 0.3) is 5.65 Å². The number of ether oxygens (including phenoxy) is 1. The van der Waals surface area contributed by atoms with E-state index in [-0.39, 0.29) is 6.42 Å². The highest BCUT2D eigenvalue weighted by atomic mass is 16.5. The molecule has 2 rings (SSSR count). The summed E-state index contributed by atoms with van der Waals surface area (Å²) in [5.41, 5.74) is 0.536. The molecule has 0 radical (unpaired) electrons. The van der Waals surface area contributed by atoms with Crippen LogP contribution in [-0.4, -0.2) is 56.1 Å². The maximum absolute atomic E-state index is 10.6. The first-order valence-electron chi connectivity index (χ1n) is 5.23. The fraction of sp³-hybridized carbons (Fsp3) is 0.444. The van der Waals surface area contributed by atoms with Gasteiger partial charge in [0.25, 0.3) is 0 Å². The molecule has 0 amide bonds. The minimum Gasteiger partial charge on any atom is -0.481 e. The largest absolute Gasteiger partial charge is 0.481 e. The van der Waals surface area contributed by atoms with Gasteiger partial charge in [0.05, 0.1) is 12.5 Å². The molecule has 9 heteroatoms. The van der Waals surface area contributed by atoms with E-state index in [9.17, 15) is 4.79 Å². The van der Waals surface area contributed by atoms with E-state index in [1.165, 1.54) is 11.7 Å². The number of carbonyl (C=O) groups is 1. The van der Waals surface area contributed by atoms with E-state index in [1.807, 2.05) is 0 Å². The number of hydrogen-bond donors (Lipinski definition) is 2. The number of nitrogens with one attached hydrogen (secondary N) is 1. The first-order valence-corrected chi connectivity index (χ1v) is 5.23. The Kier molecular flexibility index (Phi) is 3.63. The number of methoxy groups -OCH3 is 1. The number of tetrazole rings is 1. The van der Waals surface area contributed by atoms with Crippen LogP contribution >= 0.6 is 0 Å². The van der Waals surface area contributed by atoms with Crippen LogP contribution in [0, 0.1) is 0 Å². The fourth-order valence-electron chi connectivity index (χ4n) is 1.40. The second-order valence-corrected chi connectivity index (χ2v) is 3.58. The Bertz CT molecular complexity index is 542. The van der Waals surface area contributed by atoms with E-state index >= 15 is 0 Å². The second-order valence-electron chi connectivity index (χ2n) is 3.58. The third kappa shape index (κ3) is 2.88. The van der Waals surface area contributed by atoms with Crippen molar-refractivity contribution >= 4 is 17.4 Å². The summed E-state index contributed by atoms with van der Waals surface area (Å²) in [6.45, 7) is 0.337. The van der Waals surface area contributed by atoms with E-state index in [0.29, 0.717) is 18.0 Å². The van der Waals surface area contributed by atoms with Crippen molar-refractivity contribution < 1.29 is 14.6 Å². The van der Waals surface area contributed by atoms with Gasteiger partial charge in [-0.1, -0.05) is 0 Å². The average molecular weight is 252 g/mol. The highest BCUT2D eigenvalue weighted by molar-refractivity contribution is 5.67. The number of anilines is 1. The van der Waals surface area contributed by atoms with E-state index in [0.717, 1.165) is 0 Å². The molecule has 2 aromatic heterocycles. The van der Waals surface area contributed by atoms with Crippen LogP contribution in [0.2, 0.25) is 0 Å². The number of fused-ring (bicyclic) bond motifs is 1. The zero-order chi connectivity index (χ0) is 13.0. The van der Waals surface area contributed by atoms with E-state index in [2.05, 4.69) is 25.9 Å². The lowest BCUT2D eigenvalue weighted by Gasteiger charge is -2.13. The molecule has 1 atom stereocenters. The summed E-state index contributed by atoms with van der Waals surface area (Å²) in [5.74, 6) is -0.366. The SMILES string of the molecule is COC(CNc1ccc2nnnn2n1)CC(=O)O. The average Bonchev–Trinajstić information content (AvgIpc) is 2.81. The number of carboxylic acid groups (broad SMARTS) is 1. The van der Waals surface area contributed by atoms with Crippen molar-refractivity contribution in [3.8, 4) is 0 Å². The molecule has 0 aliphatic heterocycles. The van der Waals surface area contributed by atoms with Crippen molar-refractivity contribution in [1.29, 1.82) is 0 Å². The molecule has 0 spiro atoms. The van der Waals surface area contributed by atoms with Gasteiger partial charge in [-0.15, -0.1) is 14.8 Å². The maximum Gasteiger partial charge on any atom is 0.306 e. The first-order chi connectivity index (χ1) is 8.69. The van der Waals surface area contributed by atoms with Crippen LogP contribution in [0.1, 0.15) is 6.42 Å². The number of aliphatic carboxylic acids is 1. The third-order valence-corrected chi connectivity index (χ3v) is 2.32. The van der Waals surface area contributed by atoms with Gasteiger partial charge in [-0.05, 0) is 22.6 Å². The second kappa shape index (κ2) is 5.36. The predicted octanol–water partition coefficient (Wildman–Crippen LogP) is -0.579. The van der Waals surface area contributed by atoms with Gasteiger partial charge in [0, 0.05) is 13.7 Å². The Hall–Kier alpha value is -2.29. The normalized spacial score (nSPS) is 12.5. The van der Waals surface area contributed by atoms with Gasteiger partial charge in [0.1, 0.15) is 5.82 Å². The molecule has 0 fully saturated rings. The molecule has 0 aromatic carbocycles. The van der Waals surface area contributed by atoms with Gasteiger partial charge >= 0.3 is 5.97 Å². The minimum atomic E-state index is -0.910. The van der Waals surface area contributed by atoms with Gasteiger partial charge in [-0.2, -0.15) is 0 Å². The minimum absolute atomic E-state index is 0.0728. The molecular weight excluding hydrogens is 240 g/mol. The molecule has 0 aliphatic carbocycles. The van der Waals surface area contributed by atoms with Gasteiger partial charge in [0.15, 0.2) is 5.65 Å². The van der Waals surface area contributed by atoms with Gasteiger partial charge in [-0.3, -0.25) is 4.79 Å². The van der Waals surface area contributed by atoms with E-state index in [1.54, 1.807) is 12.1 Å². The van der Waals surface area contributed by atoms with Crippen LogP contribution < -0.4 is 5.32 Å². The van der Waals surface area contributed by atoms with Gasteiger partial charge in [-0.25, -0.2) is 0 Å². The lowest BCUT2D eigenvalue weighted by Crippen LogP contribution is -2.25. The molecule has 0 saturated heterocycles. The van der Waals surface area contributed by atoms with Crippen molar-refractivity contribution in [2.75, 3.05) is 19.0 Å². The molecule has 0 aliphatic rings. The molecule has 0 saturated carbocycles. The molecule has 2 N–H and O–H groups in total. The molecule has 9 nitrogen and oxygen atoms in total. The summed E-state index contributed by atoms with van der Waals surface area (Å²) in [4.78, 5) is 10.6. The Labute approximate surface area is 102 Å². The van der Waals surface area contributed by atoms with Crippen LogP contribution in [0.3, 0.4) is 0 Å². The van der Waals surface area contributed by atoms with Crippen molar-refractivity contribution in [2.45, 2.75) is 12.5 Å². The zero-order valence-corrected chi connectivity index (χ0v) is 9.65. The van der Waals surface area contributed by atoms with Gasteiger partial charge < -0.3 is 15.2 Å². The van der Waals surface area contributed by atoms with Gasteiger partial charge in [0.2, 0.25) is 0 Å². The quantitative estimate of drug-likeness (QED) is 0.701. The van der Waals surface area contributed by atoms with Crippen molar-refractivity contribution in [1.82, 2.24) is 25.3 Å². The van der Waals surface area contributed by atoms with E-state index < -0.39 is 12.1 Å². The van der Waals surface area contributed by atoms with E-state index in [4.69, 9.17) is 9.84 Å². The number of hydrogen-bond acceptors (Lipinski definition) is 7. The Morgan fingerprint density at radius 1 is 1.61 bits per heavy atom. The number of carboxylic acids is 1. The Morgan fingerprint density at radius 3 is 3.17 bits per heavy atom. The standard InChI is InChI=1S/C9H12N6O3/c1-18-6(4-9(16)17)5-10-7-2-3-8-11-13-14-15(8)12-7/h2-3,6H,4-5H2,1H3,(H,10,12)(H,16,17). The topological polar surface area (TPSA) is 115 Å². The molecular formula is C9H12N6O3. The molecule has 0 bridgehead atoms. The first kappa shape index (κ1) is 12.2. The Balaban J connectivity index is 1.97. The molecule has 18 heavy (non-hydrogen) atoms. The predicted molar refractivity (Wildman–Crippen MR) is 60.1 cm³/mol. The lowest BCUT2D eigenvalue weighted by molar-refractivity contribution is -0.139. The smallest absolute Gasteiger partial charge is 0.306 e. The lowest BCUT2D eigenvalue weighted by atomic mass is 10.2.